The number of piperidine rings is 1. The molecule has 0 bridgehead atoms. The summed E-state index contributed by atoms with van der Waals surface area (Å²) in [6, 6.07) is 2.57. The molecule has 0 aliphatic carbocycles. The molecule has 2 heterocycles. The molecule has 1 atom stereocenters. The maximum Gasteiger partial charge on any atom is 0.129 e. The van der Waals surface area contributed by atoms with Gasteiger partial charge in [0.2, 0.25) is 0 Å². The van der Waals surface area contributed by atoms with E-state index >= 15 is 0 Å². The van der Waals surface area contributed by atoms with E-state index in [1.165, 1.54) is 18.4 Å². The molecule has 0 spiro atoms. The van der Waals surface area contributed by atoms with Gasteiger partial charge in [-0.1, -0.05) is 0 Å². The molecule has 1 unspecified atom stereocenters. The third kappa shape index (κ3) is 2.99. The van der Waals surface area contributed by atoms with Crippen molar-refractivity contribution in [3.05, 3.63) is 22.3 Å². The number of aliphatic hydroxyl groups excluding tert-OH is 1. The molecule has 1 aromatic heterocycles. The number of aryl methyl sites for hydroxylation is 1. The lowest BCUT2D eigenvalue weighted by molar-refractivity contribution is 0.262. The molecule has 1 fully saturated rings. The Labute approximate surface area is 111 Å². The Bertz CT molecular complexity index is 382. The lowest BCUT2D eigenvalue weighted by Crippen LogP contribution is -2.40. The SMILES string of the molecule is Cc1cc(N2CCCCC2CCO)ncc1Br. The molecule has 94 valence electrons. The maximum atomic E-state index is 9.13. The van der Waals surface area contributed by atoms with Crippen LogP contribution < -0.4 is 4.90 Å². The second kappa shape index (κ2) is 5.83. The van der Waals surface area contributed by atoms with Crippen LogP contribution in [0.15, 0.2) is 16.7 Å². The van der Waals surface area contributed by atoms with Gasteiger partial charge in [-0.15, -0.1) is 0 Å². The van der Waals surface area contributed by atoms with Crippen LogP contribution in [0.5, 0.6) is 0 Å². The highest BCUT2D eigenvalue weighted by atomic mass is 79.9. The molecule has 0 saturated carbocycles. The second-order valence-electron chi connectivity index (χ2n) is 4.65. The normalized spacial score (nSPS) is 20.6. The predicted molar refractivity (Wildman–Crippen MR) is 73.4 cm³/mol. The summed E-state index contributed by atoms with van der Waals surface area (Å²) in [5.41, 5.74) is 1.21. The quantitative estimate of drug-likeness (QED) is 0.932. The van der Waals surface area contributed by atoms with E-state index in [1.54, 1.807) is 0 Å². The van der Waals surface area contributed by atoms with Crippen LogP contribution >= 0.6 is 15.9 Å². The first-order chi connectivity index (χ1) is 8.22. The topological polar surface area (TPSA) is 36.4 Å². The highest BCUT2D eigenvalue weighted by molar-refractivity contribution is 9.10. The summed E-state index contributed by atoms with van der Waals surface area (Å²) in [7, 11) is 0. The lowest BCUT2D eigenvalue weighted by Gasteiger charge is -2.36. The number of pyridine rings is 1. The fraction of sp³-hybridized carbons (Fsp3) is 0.615. The van der Waals surface area contributed by atoms with E-state index in [0.29, 0.717) is 6.04 Å². The van der Waals surface area contributed by atoms with Gasteiger partial charge in [0.05, 0.1) is 0 Å². The van der Waals surface area contributed by atoms with Crippen molar-refractivity contribution in [1.82, 2.24) is 4.98 Å². The van der Waals surface area contributed by atoms with Gasteiger partial charge in [0.25, 0.3) is 0 Å². The van der Waals surface area contributed by atoms with Gasteiger partial charge in [-0.2, -0.15) is 0 Å². The van der Waals surface area contributed by atoms with Crippen molar-refractivity contribution in [2.24, 2.45) is 0 Å². The Hall–Kier alpha value is -0.610. The first-order valence-corrected chi connectivity index (χ1v) is 7.01. The van der Waals surface area contributed by atoms with Crippen molar-refractivity contribution in [2.45, 2.75) is 38.6 Å². The smallest absolute Gasteiger partial charge is 0.129 e. The Morgan fingerprint density at radius 2 is 2.35 bits per heavy atom. The minimum Gasteiger partial charge on any atom is -0.396 e. The van der Waals surface area contributed by atoms with E-state index in [2.05, 4.69) is 38.8 Å². The number of aliphatic hydroxyl groups is 1. The van der Waals surface area contributed by atoms with E-state index in [-0.39, 0.29) is 6.61 Å². The summed E-state index contributed by atoms with van der Waals surface area (Å²) < 4.78 is 1.05. The summed E-state index contributed by atoms with van der Waals surface area (Å²) in [4.78, 5) is 6.84. The molecule has 0 aromatic carbocycles. The number of rotatable bonds is 3. The van der Waals surface area contributed by atoms with Gasteiger partial charge in [-0.3, -0.25) is 0 Å². The van der Waals surface area contributed by atoms with Gasteiger partial charge in [0, 0.05) is 29.9 Å². The van der Waals surface area contributed by atoms with E-state index < -0.39 is 0 Å². The highest BCUT2D eigenvalue weighted by Crippen LogP contribution is 2.27. The zero-order chi connectivity index (χ0) is 12.3. The van der Waals surface area contributed by atoms with Crippen LogP contribution in [-0.2, 0) is 0 Å². The standard InChI is InChI=1S/C13H19BrN2O/c1-10-8-13(15-9-12(10)14)16-6-3-2-4-11(16)5-7-17/h8-9,11,17H,2-7H2,1H3. The van der Waals surface area contributed by atoms with E-state index in [0.717, 1.165) is 29.7 Å². The van der Waals surface area contributed by atoms with Gasteiger partial charge in [0.1, 0.15) is 5.82 Å². The maximum absolute atomic E-state index is 9.13. The first kappa shape index (κ1) is 12.8. The summed E-state index contributed by atoms with van der Waals surface area (Å²) in [5.74, 6) is 1.05. The molecule has 1 N–H and O–H groups in total. The molecular weight excluding hydrogens is 280 g/mol. The molecule has 17 heavy (non-hydrogen) atoms. The average Bonchev–Trinajstić information content (AvgIpc) is 2.34. The van der Waals surface area contributed by atoms with Crippen molar-refractivity contribution in [2.75, 3.05) is 18.1 Å². The largest absolute Gasteiger partial charge is 0.396 e. The van der Waals surface area contributed by atoms with Crippen molar-refractivity contribution in [1.29, 1.82) is 0 Å². The van der Waals surface area contributed by atoms with Crippen molar-refractivity contribution < 1.29 is 5.11 Å². The fourth-order valence-electron chi connectivity index (χ4n) is 2.43. The predicted octanol–water partition coefficient (Wildman–Crippen LogP) is 2.89. The van der Waals surface area contributed by atoms with Crippen molar-refractivity contribution >= 4 is 21.7 Å². The number of halogens is 1. The summed E-state index contributed by atoms with van der Waals surface area (Å²) in [5, 5.41) is 9.13. The molecule has 0 radical (unpaired) electrons. The van der Waals surface area contributed by atoms with Crippen molar-refractivity contribution in [3.63, 3.8) is 0 Å². The first-order valence-electron chi connectivity index (χ1n) is 6.22. The van der Waals surface area contributed by atoms with Gasteiger partial charge >= 0.3 is 0 Å². The third-order valence-corrected chi connectivity index (χ3v) is 4.25. The number of anilines is 1. The van der Waals surface area contributed by atoms with Crippen LogP contribution in [0.4, 0.5) is 5.82 Å². The number of hydrogen-bond acceptors (Lipinski definition) is 3. The Morgan fingerprint density at radius 3 is 3.06 bits per heavy atom. The molecule has 1 aliphatic rings. The van der Waals surface area contributed by atoms with E-state index in [9.17, 15) is 0 Å². The lowest BCUT2D eigenvalue weighted by atomic mass is 9.99. The Morgan fingerprint density at radius 1 is 1.53 bits per heavy atom. The fourth-order valence-corrected chi connectivity index (χ4v) is 2.65. The molecule has 1 saturated heterocycles. The number of hydrogen-bond donors (Lipinski definition) is 1. The zero-order valence-electron chi connectivity index (χ0n) is 10.2. The monoisotopic (exact) mass is 298 g/mol. The summed E-state index contributed by atoms with van der Waals surface area (Å²) >= 11 is 3.48. The van der Waals surface area contributed by atoms with Gasteiger partial charge < -0.3 is 10.0 Å². The van der Waals surface area contributed by atoms with Crippen LogP contribution in [0.2, 0.25) is 0 Å². The Kier molecular flexibility index (Phi) is 4.40. The third-order valence-electron chi connectivity index (χ3n) is 3.42. The van der Waals surface area contributed by atoms with Crippen LogP contribution in [0, 0.1) is 6.92 Å². The van der Waals surface area contributed by atoms with Crippen LogP contribution in [0.1, 0.15) is 31.2 Å². The molecule has 2 rings (SSSR count). The summed E-state index contributed by atoms with van der Waals surface area (Å²) in [6.45, 7) is 3.40. The summed E-state index contributed by atoms with van der Waals surface area (Å²) in [6.07, 6.45) is 6.36. The molecular formula is C13H19BrN2O. The second-order valence-corrected chi connectivity index (χ2v) is 5.50. The minimum absolute atomic E-state index is 0.261. The zero-order valence-corrected chi connectivity index (χ0v) is 11.8. The number of aromatic nitrogens is 1. The van der Waals surface area contributed by atoms with Crippen molar-refractivity contribution in [3.8, 4) is 0 Å². The van der Waals surface area contributed by atoms with E-state index in [1.807, 2.05) is 6.20 Å². The van der Waals surface area contributed by atoms with Crippen LogP contribution in [-0.4, -0.2) is 29.3 Å². The van der Waals surface area contributed by atoms with Gasteiger partial charge in [0.15, 0.2) is 0 Å². The molecule has 0 amide bonds. The minimum atomic E-state index is 0.261. The van der Waals surface area contributed by atoms with E-state index in [4.69, 9.17) is 5.11 Å². The van der Waals surface area contributed by atoms with Crippen LogP contribution in [0.25, 0.3) is 0 Å². The van der Waals surface area contributed by atoms with Gasteiger partial charge in [-0.25, -0.2) is 4.98 Å². The molecule has 4 heteroatoms. The molecule has 1 aromatic rings. The molecule has 1 aliphatic heterocycles. The number of nitrogens with zero attached hydrogens (tertiary/aromatic N) is 2. The van der Waals surface area contributed by atoms with Gasteiger partial charge in [-0.05, 0) is 60.2 Å². The molecule has 3 nitrogen and oxygen atoms in total. The highest BCUT2D eigenvalue weighted by Gasteiger charge is 2.23. The van der Waals surface area contributed by atoms with Crippen LogP contribution in [0.3, 0.4) is 0 Å². The average molecular weight is 299 g/mol. The Balaban J connectivity index is 2.20.